The molecule has 4 nitrogen and oxygen atoms in total. The second-order valence-corrected chi connectivity index (χ2v) is 4.81. The predicted molar refractivity (Wildman–Crippen MR) is 70.9 cm³/mol. The van der Waals surface area contributed by atoms with Crippen LogP contribution >= 0.6 is 0 Å². The minimum absolute atomic E-state index is 0.348. The van der Waals surface area contributed by atoms with Crippen molar-refractivity contribution in [1.29, 1.82) is 5.26 Å². The zero-order chi connectivity index (χ0) is 13.1. The number of hydrogen-bond acceptors (Lipinski definition) is 3. The van der Waals surface area contributed by atoms with Crippen molar-refractivity contribution < 1.29 is 4.74 Å². The molecular formula is C15H15N3O. The summed E-state index contributed by atoms with van der Waals surface area (Å²) in [6.45, 7) is 0.618. The molecule has 1 aromatic carbocycles. The Labute approximate surface area is 112 Å². The summed E-state index contributed by atoms with van der Waals surface area (Å²) < 4.78 is 5.81. The van der Waals surface area contributed by atoms with Crippen LogP contribution in [0.4, 0.5) is 0 Å². The van der Waals surface area contributed by atoms with E-state index < -0.39 is 0 Å². The highest BCUT2D eigenvalue weighted by Gasteiger charge is 2.23. The van der Waals surface area contributed by atoms with Gasteiger partial charge in [-0.05, 0) is 37.5 Å². The second-order valence-electron chi connectivity index (χ2n) is 4.81. The first-order valence-corrected chi connectivity index (χ1v) is 6.52. The van der Waals surface area contributed by atoms with E-state index in [4.69, 9.17) is 10.00 Å². The summed E-state index contributed by atoms with van der Waals surface area (Å²) in [5.41, 5.74) is 3.01. The number of benzene rings is 1. The molecule has 0 saturated heterocycles. The Kier molecular flexibility index (Phi) is 3.20. The third kappa shape index (κ3) is 2.45. The van der Waals surface area contributed by atoms with Gasteiger partial charge >= 0.3 is 0 Å². The van der Waals surface area contributed by atoms with Crippen LogP contribution in [0, 0.1) is 11.3 Å². The Morgan fingerprint density at radius 1 is 1.47 bits per heavy atom. The highest BCUT2D eigenvalue weighted by atomic mass is 16.5. The van der Waals surface area contributed by atoms with E-state index in [-0.39, 0.29) is 0 Å². The molecule has 1 atom stereocenters. The van der Waals surface area contributed by atoms with Gasteiger partial charge in [-0.2, -0.15) is 5.26 Å². The average molecular weight is 253 g/mol. The molecule has 1 N–H and O–H groups in total. The number of imidazole rings is 1. The molecule has 19 heavy (non-hydrogen) atoms. The molecule has 0 amide bonds. The third-order valence-electron chi connectivity index (χ3n) is 3.53. The first kappa shape index (κ1) is 11.8. The summed E-state index contributed by atoms with van der Waals surface area (Å²) in [5.74, 6) is 1.10. The van der Waals surface area contributed by atoms with Crippen molar-refractivity contribution in [1.82, 2.24) is 9.97 Å². The highest BCUT2D eigenvalue weighted by Crippen LogP contribution is 2.29. The molecule has 1 aliphatic rings. The maximum Gasteiger partial charge on any atom is 0.120 e. The van der Waals surface area contributed by atoms with Crippen molar-refractivity contribution in [3.05, 3.63) is 47.5 Å². The number of H-pyrrole nitrogens is 1. The van der Waals surface area contributed by atoms with Gasteiger partial charge in [0.15, 0.2) is 0 Å². The minimum atomic E-state index is 0.348. The number of rotatable bonds is 3. The number of aryl methyl sites for hydroxylation is 1. The zero-order valence-corrected chi connectivity index (χ0v) is 10.6. The van der Waals surface area contributed by atoms with E-state index >= 15 is 0 Å². The Morgan fingerprint density at radius 2 is 2.42 bits per heavy atom. The Balaban J connectivity index is 1.69. The fourth-order valence-electron chi connectivity index (χ4n) is 2.56. The number of fused-ring (bicyclic) bond motifs is 1. The number of aromatic amines is 1. The van der Waals surface area contributed by atoms with E-state index in [1.165, 1.54) is 12.1 Å². The molecule has 3 rings (SSSR count). The largest absolute Gasteiger partial charge is 0.493 e. The lowest BCUT2D eigenvalue weighted by Gasteiger charge is -2.21. The van der Waals surface area contributed by atoms with Gasteiger partial charge in [0.05, 0.1) is 30.3 Å². The van der Waals surface area contributed by atoms with Gasteiger partial charge in [-0.25, -0.2) is 4.98 Å². The van der Waals surface area contributed by atoms with Crippen LogP contribution in [0.3, 0.4) is 0 Å². The SMILES string of the molecule is N#Cc1cccc(OCC2CCCc3[nH]cnc32)c1. The average Bonchev–Trinajstić information content (AvgIpc) is 2.94. The van der Waals surface area contributed by atoms with Crippen molar-refractivity contribution in [3.8, 4) is 11.8 Å². The van der Waals surface area contributed by atoms with Crippen molar-refractivity contribution in [2.45, 2.75) is 25.2 Å². The zero-order valence-electron chi connectivity index (χ0n) is 10.6. The van der Waals surface area contributed by atoms with Gasteiger partial charge in [0, 0.05) is 11.6 Å². The number of nitriles is 1. The van der Waals surface area contributed by atoms with Crippen molar-refractivity contribution in [2.75, 3.05) is 6.61 Å². The van der Waals surface area contributed by atoms with Crippen LogP contribution in [0.2, 0.25) is 0 Å². The molecule has 4 heteroatoms. The number of hydrogen-bond donors (Lipinski definition) is 1. The lowest BCUT2D eigenvalue weighted by Crippen LogP contribution is -2.16. The summed E-state index contributed by atoms with van der Waals surface area (Å²) >= 11 is 0. The van der Waals surface area contributed by atoms with Gasteiger partial charge in [0.1, 0.15) is 5.75 Å². The normalized spacial score (nSPS) is 17.5. The molecule has 1 heterocycles. The Morgan fingerprint density at radius 3 is 3.32 bits per heavy atom. The monoisotopic (exact) mass is 253 g/mol. The molecule has 0 bridgehead atoms. The summed E-state index contributed by atoms with van der Waals surface area (Å²) in [6.07, 6.45) is 5.12. The van der Waals surface area contributed by atoms with Gasteiger partial charge in [-0.15, -0.1) is 0 Å². The molecule has 2 aromatic rings. The summed E-state index contributed by atoms with van der Waals surface area (Å²) in [5, 5.41) is 8.86. The van der Waals surface area contributed by atoms with Crippen LogP contribution in [0.5, 0.6) is 5.75 Å². The molecule has 1 aliphatic carbocycles. The molecule has 1 aromatic heterocycles. The molecule has 0 fully saturated rings. The topological polar surface area (TPSA) is 61.7 Å². The van der Waals surface area contributed by atoms with Gasteiger partial charge in [0.2, 0.25) is 0 Å². The van der Waals surface area contributed by atoms with Gasteiger partial charge in [-0.1, -0.05) is 6.07 Å². The van der Waals surface area contributed by atoms with Crippen molar-refractivity contribution in [2.24, 2.45) is 0 Å². The number of nitrogens with zero attached hydrogens (tertiary/aromatic N) is 2. The molecular weight excluding hydrogens is 238 g/mol. The van der Waals surface area contributed by atoms with Crippen molar-refractivity contribution >= 4 is 0 Å². The van der Waals surface area contributed by atoms with Crippen molar-refractivity contribution in [3.63, 3.8) is 0 Å². The van der Waals surface area contributed by atoms with E-state index in [0.29, 0.717) is 18.1 Å². The maximum absolute atomic E-state index is 8.86. The number of aromatic nitrogens is 2. The van der Waals surface area contributed by atoms with E-state index in [2.05, 4.69) is 16.0 Å². The molecule has 0 spiro atoms. The fourth-order valence-corrected chi connectivity index (χ4v) is 2.56. The lowest BCUT2D eigenvalue weighted by atomic mass is 9.90. The van der Waals surface area contributed by atoms with Gasteiger partial charge in [0.25, 0.3) is 0 Å². The van der Waals surface area contributed by atoms with Gasteiger partial charge < -0.3 is 9.72 Å². The first-order valence-electron chi connectivity index (χ1n) is 6.52. The smallest absolute Gasteiger partial charge is 0.120 e. The standard InChI is InChI=1S/C15H15N3O/c16-8-11-3-1-5-13(7-11)19-9-12-4-2-6-14-15(12)18-10-17-14/h1,3,5,7,10,12H,2,4,6,9H2,(H,17,18). The van der Waals surface area contributed by atoms with Crippen LogP contribution in [0.25, 0.3) is 0 Å². The van der Waals surface area contributed by atoms with E-state index in [1.807, 2.05) is 12.1 Å². The van der Waals surface area contributed by atoms with Crippen LogP contribution in [0.15, 0.2) is 30.6 Å². The quantitative estimate of drug-likeness (QED) is 0.914. The van der Waals surface area contributed by atoms with Crippen LogP contribution in [-0.2, 0) is 6.42 Å². The number of ether oxygens (including phenoxy) is 1. The van der Waals surface area contributed by atoms with Crippen LogP contribution in [0.1, 0.15) is 35.7 Å². The van der Waals surface area contributed by atoms with Gasteiger partial charge in [-0.3, -0.25) is 0 Å². The lowest BCUT2D eigenvalue weighted by molar-refractivity contribution is 0.272. The molecule has 0 aliphatic heterocycles. The van der Waals surface area contributed by atoms with Crippen LogP contribution < -0.4 is 4.74 Å². The third-order valence-corrected chi connectivity index (χ3v) is 3.53. The summed E-state index contributed by atoms with van der Waals surface area (Å²) in [7, 11) is 0. The molecule has 0 radical (unpaired) electrons. The Hall–Kier alpha value is -2.28. The summed E-state index contributed by atoms with van der Waals surface area (Å²) in [4.78, 5) is 7.59. The minimum Gasteiger partial charge on any atom is -0.493 e. The predicted octanol–water partition coefficient (Wildman–Crippen LogP) is 2.78. The molecule has 1 unspecified atom stereocenters. The first-order chi connectivity index (χ1) is 9.36. The summed E-state index contributed by atoms with van der Waals surface area (Å²) in [6, 6.07) is 9.39. The van der Waals surface area contributed by atoms with E-state index in [1.54, 1.807) is 18.5 Å². The maximum atomic E-state index is 8.86. The highest BCUT2D eigenvalue weighted by molar-refractivity contribution is 5.36. The molecule has 96 valence electrons. The Bertz CT molecular complexity index is 612. The van der Waals surface area contributed by atoms with Crippen LogP contribution in [-0.4, -0.2) is 16.6 Å². The number of nitrogens with one attached hydrogen (secondary N) is 1. The fraction of sp³-hybridized carbons (Fsp3) is 0.333. The van der Waals surface area contributed by atoms with E-state index in [0.717, 1.165) is 24.3 Å². The second kappa shape index (κ2) is 5.15. The van der Waals surface area contributed by atoms with E-state index in [9.17, 15) is 0 Å². The molecule has 0 saturated carbocycles.